The molecule has 0 aliphatic carbocycles. The van der Waals surface area contributed by atoms with Crippen molar-refractivity contribution in [1.82, 2.24) is 19.7 Å². The minimum Gasteiger partial charge on any atom is -0.408 e. The maximum atomic E-state index is 13.3. The van der Waals surface area contributed by atoms with E-state index in [2.05, 4.69) is 26.0 Å². The topological polar surface area (TPSA) is 84.1 Å². The fourth-order valence-corrected chi connectivity index (χ4v) is 4.63. The number of hydrogen-bond donors (Lipinski definition) is 1. The second-order valence-electron chi connectivity index (χ2n) is 7.29. The number of H-pyrrole nitrogens is 1. The van der Waals surface area contributed by atoms with Crippen molar-refractivity contribution in [3.05, 3.63) is 85.0 Å². The van der Waals surface area contributed by atoms with E-state index in [1.54, 1.807) is 23.0 Å². The smallest absolute Gasteiger partial charge is 0.408 e. The van der Waals surface area contributed by atoms with Crippen molar-refractivity contribution < 1.29 is 9.21 Å². The van der Waals surface area contributed by atoms with E-state index in [9.17, 15) is 9.59 Å². The number of oxazole rings is 1. The summed E-state index contributed by atoms with van der Waals surface area (Å²) in [6, 6.07) is 10.9. The van der Waals surface area contributed by atoms with E-state index in [1.165, 1.54) is 0 Å². The van der Waals surface area contributed by atoms with E-state index >= 15 is 0 Å². The zero-order valence-electron chi connectivity index (χ0n) is 15.9. The Balaban J connectivity index is 1.55. The van der Waals surface area contributed by atoms with Gasteiger partial charge >= 0.3 is 5.76 Å². The second-order valence-corrected chi connectivity index (χ2v) is 8.62. The molecule has 1 unspecified atom stereocenters. The van der Waals surface area contributed by atoms with E-state index < -0.39 is 5.76 Å². The number of halogens is 2. The molecular weight excluding hydrogens is 472 g/mol. The third-order valence-corrected chi connectivity index (χ3v) is 6.28. The largest absolute Gasteiger partial charge is 0.417 e. The number of amides is 1. The molecular formula is C21H16BrClN4O3. The van der Waals surface area contributed by atoms with Crippen molar-refractivity contribution in [2.75, 3.05) is 0 Å². The molecule has 152 valence electrons. The Kier molecular flexibility index (Phi) is 4.56. The lowest BCUT2D eigenvalue weighted by molar-refractivity contribution is 0.0707. The maximum Gasteiger partial charge on any atom is 0.417 e. The van der Waals surface area contributed by atoms with Crippen LogP contribution in [-0.2, 0) is 20.0 Å². The van der Waals surface area contributed by atoms with Crippen LogP contribution in [-0.4, -0.2) is 25.6 Å². The molecule has 1 N–H and O–H groups in total. The number of hydrogen-bond acceptors (Lipinski definition) is 4. The lowest BCUT2D eigenvalue weighted by Gasteiger charge is -2.26. The van der Waals surface area contributed by atoms with Crippen LogP contribution in [0.1, 0.15) is 33.2 Å². The minimum atomic E-state index is -0.500. The van der Waals surface area contributed by atoms with Crippen LogP contribution in [0.15, 0.2) is 56.3 Å². The lowest BCUT2D eigenvalue weighted by atomic mass is 10.0. The molecule has 30 heavy (non-hydrogen) atoms. The molecule has 7 nitrogen and oxygen atoms in total. The van der Waals surface area contributed by atoms with E-state index in [0.29, 0.717) is 34.7 Å². The number of benzene rings is 2. The van der Waals surface area contributed by atoms with Crippen molar-refractivity contribution >= 4 is 44.5 Å². The van der Waals surface area contributed by atoms with Crippen LogP contribution in [0.2, 0.25) is 5.02 Å². The number of aryl methyl sites for hydroxylation is 1. The summed E-state index contributed by atoms with van der Waals surface area (Å²) in [7, 11) is 1.84. The average Bonchev–Trinajstić information content (AvgIpc) is 3.32. The zero-order chi connectivity index (χ0) is 21.0. The predicted molar refractivity (Wildman–Crippen MR) is 116 cm³/mol. The molecule has 9 heteroatoms. The molecule has 1 amide bonds. The van der Waals surface area contributed by atoms with Crippen LogP contribution < -0.4 is 5.76 Å². The second kappa shape index (κ2) is 7.14. The van der Waals surface area contributed by atoms with Crippen molar-refractivity contribution in [3.63, 3.8) is 0 Å². The van der Waals surface area contributed by atoms with Gasteiger partial charge in [-0.15, -0.1) is 0 Å². The van der Waals surface area contributed by atoms with E-state index in [1.807, 2.05) is 36.2 Å². The summed E-state index contributed by atoms with van der Waals surface area (Å²) in [5, 5.41) is 4.80. The summed E-state index contributed by atoms with van der Waals surface area (Å²) in [5.74, 6) is -0.545. The Bertz CT molecular complexity index is 1340. The monoisotopic (exact) mass is 486 g/mol. The summed E-state index contributed by atoms with van der Waals surface area (Å²) >= 11 is 9.87. The van der Waals surface area contributed by atoms with Crippen molar-refractivity contribution in [3.8, 4) is 0 Å². The van der Waals surface area contributed by atoms with Crippen LogP contribution in [0, 0.1) is 0 Å². The minimum absolute atomic E-state index is 0.0450. The van der Waals surface area contributed by atoms with Gasteiger partial charge in [0.25, 0.3) is 5.91 Å². The molecule has 1 atom stereocenters. The number of nitrogens with one attached hydrogen (secondary N) is 1. The first kappa shape index (κ1) is 19.1. The summed E-state index contributed by atoms with van der Waals surface area (Å²) < 4.78 is 7.82. The summed E-state index contributed by atoms with van der Waals surface area (Å²) in [5.41, 5.74) is 4.44. The zero-order valence-corrected chi connectivity index (χ0v) is 18.2. The Morgan fingerprint density at radius 3 is 2.83 bits per heavy atom. The first-order valence-electron chi connectivity index (χ1n) is 9.29. The SMILES string of the molecule is Cn1ncc(Cl)c1CC1c2cc(Br)ccc2C(=O)N1Cc1ccc2[nH]c(=O)oc2c1. The van der Waals surface area contributed by atoms with Crippen LogP contribution in [0.5, 0.6) is 0 Å². The third-order valence-electron chi connectivity index (χ3n) is 5.48. The highest BCUT2D eigenvalue weighted by atomic mass is 79.9. The van der Waals surface area contributed by atoms with Crippen LogP contribution in [0.25, 0.3) is 11.1 Å². The van der Waals surface area contributed by atoms with Gasteiger partial charge < -0.3 is 9.32 Å². The normalized spacial score (nSPS) is 15.9. The lowest BCUT2D eigenvalue weighted by Crippen LogP contribution is -2.29. The molecule has 0 fully saturated rings. The molecule has 0 spiro atoms. The molecule has 3 heterocycles. The fourth-order valence-electron chi connectivity index (χ4n) is 4.00. The highest BCUT2D eigenvalue weighted by Gasteiger charge is 2.37. The maximum absolute atomic E-state index is 13.3. The van der Waals surface area contributed by atoms with Crippen LogP contribution in [0.3, 0.4) is 0 Å². The molecule has 0 bridgehead atoms. The van der Waals surface area contributed by atoms with Gasteiger partial charge in [0.1, 0.15) is 0 Å². The molecule has 4 aromatic rings. The van der Waals surface area contributed by atoms with Gasteiger partial charge in [-0.25, -0.2) is 4.79 Å². The molecule has 0 radical (unpaired) electrons. The molecule has 1 aliphatic heterocycles. The number of aromatic amines is 1. The van der Waals surface area contributed by atoms with Gasteiger partial charge in [-0.1, -0.05) is 33.6 Å². The standard InChI is InChI=1S/C21H16BrClN4O3/c1-26-18(15(23)9-24-26)8-17-14-7-12(22)3-4-13(14)20(28)27(17)10-11-2-5-16-19(6-11)30-21(29)25-16/h2-7,9,17H,8,10H2,1H3,(H,25,29). The number of nitrogens with zero attached hydrogens (tertiary/aromatic N) is 3. The average molecular weight is 488 g/mol. The number of rotatable bonds is 4. The van der Waals surface area contributed by atoms with E-state index in [-0.39, 0.29) is 11.9 Å². The van der Waals surface area contributed by atoms with Gasteiger partial charge in [0.05, 0.1) is 28.5 Å². The van der Waals surface area contributed by atoms with E-state index in [4.69, 9.17) is 16.0 Å². The Labute approximate surface area is 184 Å². The first-order valence-corrected chi connectivity index (χ1v) is 10.5. The summed E-state index contributed by atoms with van der Waals surface area (Å²) in [4.78, 5) is 29.2. The van der Waals surface area contributed by atoms with Gasteiger partial charge in [-0.3, -0.25) is 14.5 Å². The van der Waals surface area contributed by atoms with Gasteiger partial charge in [-0.05, 0) is 41.5 Å². The third kappa shape index (κ3) is 3.16. The van der Waals surface area contributed by atoms with Crippen molar-refractivity contribution in [2.45, 2.75) is 19.0 Å². The van der Waals surface area contributed by atoms with Gasteiger partial charge in [-0.2, -0.15) is 5.10 Å². The van der Waals surface area contributed by atoms with Crippen molar-refractivity contribution in [2.24, 2.45) is 7.05 Å². The van der Waals surface area contributed by atoms with Gasteiger partial charge in [0, 0.05) is 30.0 Å². The number of carbonyl (C=O) groups excluding carboxylic acids is 1. The number of carbonyl (C=O) groups is 1. The summed E-state index contributed by atoms with van der Waals surface area (Å²) in [6.45, 7) is 0.371. The van der Waals surface area contributed by atoms with Gasteiger partial charge in [0.2, 0.25) is 0 Å². The predicted octanol–water partition coefficient (Wildman–Crippen LogP) is 4.21. The molecule has 2 aromatic heterocycles. The Morgan fingerprint density at radius 2 is 2.07 bits per heavy atom. The number of fused-ring (bicyclic) bond motifs is 2. The molecule has 5 rings (SSSR count). The Hall–Kier alpha value is -2.84. The van der Waals surface area contributed by atoms with Gasteiger partial charge in [0.15, 0.2) is 5.58 Å². The van der Waals surface area contributed by atoms with Crippen LogP contribution in [0.4, 0.5) is 0 Å². The Morgan fingerprint density at radius 1 is 1.23 bits per heavy atom. The highest BCUT2D eigenvalue weighted by molar-refractivity contribution is 9.10. The molecule has 2 aromatic carbocycles. The summed E-state index contributed by atoms with van der Waals surface area (Å²) in [6.07, 6.45) is 2.15. The molecule has 1 aliphatic rings. The quantitative estimate of drug-likeness (QED) is 0.467. The molecule has 0 saturated carbocycles. The van der Waals surface area contributed by atoms with Crippen LogP contribution >= 0.6 is 27.5 Å². The molecule has 0 saturated heterocycles. The van der Waals surface area contributed by atoms with Crippen molar-refractivity contribution in [1.29, 1.82) is 0 Å². The van der Waals surface area contributed by atoms with E-state index in [0.717, 1.165) is 21.3 Å². The fraction of sp³-hybridized carbons (Fsp3) is 0.190. The highest BCUT2D eigenvalue weighted by Crippen LogP contribution is 2.39. The number of aromatic nitrogens is 3. The first-order chi connectivity index (χ1) is 14.4.